The maximum atomic E-state index is 13.0. The van der Waals surface area contributed by atoms with Gasteiger partial charge in [-0.3, -0.25) is 9.48 Å². The minimum atomic E-state index is -0.0162. The second-order valence-electron chi connectivity index (χ2n) is 6.89. The quantitative estimate of drug-likeness (QED) is 0.702. The molecule has 6 nitrogen and oxygen atoms in total. The molecule has 0 unspecified atom stereocenters. The lowest BCUT2D eigenvalue weighted by atomic mass is 10.1. The van der Waals surface area contributed by atoms with E-state index in [1.54, 1.807) is 11.8 Å². The van der Waals surface area contributed by atoms with Crippen LogP contribution < -0.4 is 9.64 Å². The minimum Gasteiger partial charge on any atom is -0.497 e. The Bertz CT molecular complexity index is 960. The zero-order valence-electron chi connectivity index (χ0n) is 16.2. The van der Waals surface area contributed by atoms with Crippen molar-refractivity contribution in [2.75, 3.05) is 38.2 Å². The molecule has 0 radical (unpaired) electrons. The Morgan fingerprint density at radius 1 is 0.964 bits per heavy atom. The van der Waals surface area contributed by atoms with Gasteiger partial charge < -0.3 is 14.5 Å². The molecule has 0 atom stereocenters. The van der Waals surface area contributed by atoms with Gasteiger partial charge in [0.25, 0.3) is 5.91 Å². The number of methoxy groups -OCH3 is 1. The molecule has 0 N–H and O–H groups in total. The van der Waals surface area contributed by atoms with Crippen LogP contribution in [0.15, 0.2) is 60.7 Å². The third-order valence-corrected chi connectivity index (χ3v) is 5.15. The van der Waals surface area contributed by atoms with Gasteiger partial charge in [0, 0.05) is 44.5 Å². The molecule has 1 aromatic heterocycles. The summed E-state index contributed by atoms with van der Waals surface area (Å²) in [6.07, 6.45) is 0. The average Bonchev–Trinajstić information content (AvgIpc) is 3.15. The normalized spacial score (nSPS) is 14.2. The maximum Gasteiger partial charge on any atom is 0.274 e. The topological polar surface area (TPSA) is 50.6 Å². The van der Waals surface area contributed by atoms with Crippen LogP contribution in [0.25, 0.3) is 11.3 Å². The van der Waals surface area contributed by atoms with Crippen molar-refractivity contribution in [3.05, 3.63) is 66.4 Å². The molecule has 3 aromatic rings. The van der Waals surface area contributed by atoms with Crippen LogP contribution in [-0.2, 0) is 7.05 Å². The van der Waals surface area contributed by atoms with Gasteiger partial charge >= 0.3 is 0 Å². The number of aromatic nitrogens is 2. The second kappa shape index (κ2) is 7.76. The SMILES string of the molecule is COc1cccc(-c2cc(C(=O)N3CCN(c4ccccc4)CC3)nn2C)c1. The van der Waals surface area contributed by atoms with Crippen LogP contribution in [-0.4, -0.2) is 53.9 Å². The summed E-state index contributed by atoms with van der Waals surface area (Å²) >= 11 is 0. The molecule has 28 heavy (non-hydrogen) atoms. The Morgan fingerprint density at radius 3 is 2.43 bits per heavy atom. The Hall–Kier alpha value is -3.28. The zero-order chi connectivity index (χ0) is 19.5. The maximum absolute atomic E-state index is 13.0. The number of aryl methyl sites for hydroxylation is 1. The number of anilines is 1. The third-order valence-electron chi connectivity index (χ3n) is 5.15. The molecule has 0 bridgehead atoms. The highest BCUT2D eigenvalue weighted by Crippen LogP contribution is 2.25. The zero-order valence-corrected chi connectivity index (χ0v) is 16.2. The van der Waals surface area contributed by atoms with Gasteiger partial charge in [-0.2, -0.15) is 5.10 Å². The lowest BCUT2D eigenvalue weighted by Gasteiger charge is -2.35. The molecular formula is C22H24N4O2. The van der Waals surface area contributed by atoms with Gasteiger partial charge in [-0.1, -0.05) is 30.3 Å². The van der Waals surface area contributed by atoms with E-state index < -0.39 is 0 Å². The summed E-state index contributed by atoms with van der Waals surface area (Å²) in [6.45, 7) is 3.04. The molecule has 0 spiro atoms. The first-order valence-corrected chi connectivity index (χ1v) is 9.43. The number of hydrogen-bond donors (Lipinski definition) is 0. The number of piperazine rings is 1. The Balaban J connectivity index is 1.47. The first-order chi connectivity index (χ1) is 13.7. The molecule has 1 fully saturated rings. The Labute approximate surface area is 164 Å². The predicted molar refractivity (Wildman–Crippen MR) is 110 cm³/mol. The van der Waals surface area contributed by atoms with Crippen LogP contribution in [0.1, 0.15) is 10.5 Å². The molecule has 1 saturated heterocycles. The van der Waals surface area contributed by atoms with Gasteiger partial charge in [0.1, 0.15) is 5.75 Å². The van der Waals surface area contributed by atoms with E-state index >= 15 is 0 Å². The number of benzene rings is 2. The molecule has 1 aliphatic rings. The van der Waals surface area contributed by atoms with Crippen LogP contribution in [0.3, 0.4) is 0 Å². The predicted octanol–water partition coefficient (Wildman–Crippen LogP) is 3.06. The van der Waals surface area contributed by atoms with Crippen molar-refractivity contribution in [3.8, 4) is 17.0 Å². The fourth-order valence-corrected chi connectivity index (χ4v) is 3.59. The number of ether oxygens (including phenoxy) is 1. The number of carbonyl (C=O) groups is 1. The van der Waals surface area contributed by atoms with Crippen LogP contribution >= 0.6 is 0 Å². The number of carbonyl (C=O) groups excluding carboxylic acids is 1. The first kappa shape index (κ1) is 18.1. The lowest BCUT2D eigenvalue weighted by Crippen LogP contribution is -2.48. The molecule has 2 heterocycles. The number of nitrogens with zero attached hydrogens (tertiary/aromatic N) is 4. The smallest absolute Gasteiger partial charge is 0.274 e. The van der Waals surface area contributed by atoms with Gasteiger partial charge in [-0.05, 0) is 30.3 Å². The highest BCUT2D eigenvalue weighted by atomic mass is 16.5. The molecule has 1 amide bonds. The average molecular weight is 376 g/mol. The molecule has 6 heteroatoms. The summed E-state index contributed by atoms with van der Waals surface area (Å²) in [5.74, 6) is 0.765. The fourth-order valence-electron chi connectivity index (χ4n) is 3.59. The van der Waals surface area contributed by atoms with E-state index in [9.17, 15) is 4.79 Å². The molecule has 1 aliphatic heterocycles. The molecule has 4 rings (SSSR count). The highest BCUT2D eigenvalue weighted by Gasteiger charge is 2.24. The summed E-state index contributed by atoms with van der Waals surface area (Å²) in [5.41, 5.74) is 3.55. The summed E-state index contributed by atoms with van der Waals surface area (Å²) in [5, 5.41) is 4.47. The van der Waals surface area contributed by atoms with E-state index in [0.29, 0.717) is 18.8 Å². The monoisotopic (exact) mass is 376 g/mol. The number of para-hydroxylation sites is 1. The van der Waals surface area contributed by atoms with Crippen LogP contribution in [0.5, 0.6) is 5.75 Å². The van der Waals surface area contributed by atoms with Crippen LogP contribution in [0.4, 0.5) is 5.69 Å². The standard InChI is InChI=1S/C22H24N4O2/c1-24-21(17-7-6-10-19(15-17)28-2)16-20(23-24)22(27)26-13-11-25(12-14-26)18-8-4-3-5-9-18/h3-10,15-16H,11-14H2,1-2H3. The van der Waals surface area contributed by atoms with Crippen LogP contribution in [0.2, 0.25) is 0 Å². The van der Waals surface area contributed by atoms with E-state index in [2.05, 4.69) is 22.1 Å². The number of rotatable bonds is 4. The molecule has 0 aliphatic carbocycles. The van der Waals surface area contributed by atoms with E-state index in [-0.39, 0.29) is 5.91 Å². The van der Waals surface area contributed by atoms with Crippen molar-refractivity contribution in [2.45, 2.75) is 0 Å². The van der Waals surface area contributed by atoms with Gasteiger partial charge in [0.15, 0.2) is 5.69 Å². The van der Waals surface area contributed by atoms with E-state index in [1.165, 1.54) is 5.69 Å². The summed E-state index contributed by atoms with van der Waals surface area (Å²) in [4.78, 5) is 17.2. The Kier molecular flexibility index (Phi) is 5.02. The van der Waals surface area contributed by atoms with Crippen molar-refractivity contribution in [2.24, 2.45) is 7.05 Å². The van der Waals surface area contributed by atoms with Crippen molar-refractivity contribution in [1.82, 2.24) is 14.7 Å². The first-order valence-electron chi connectivity index (χ1n) is 9.43. The summed E-state index contributed by atoms with van der Waals surface area (Å²) < 4.78 is 7.05. The van der Waals surface area contributed by atoms with E-state index in [1.807, 2.05) is 60.5 Å². The lowest BCUT2D eigenvalue weighted by molar-refractivity contribution is 0.0740. The molecule has 0 saturated carbocycles. The Morgan fingerprint density at radius 2 is 1.71 bits per heavy atom. The van der Waals surface area contributed by atoms with Crippen molar-refractivity contribution in [3.63, 3.8) is 0 Å². The van der Waals surface area contributed by atoms with Gasteiger partial charge in [0.2, 0.25) is 0 Å². The molecule has 144 valence electrons. The van der Waals surface area contributed by atoms with E-state index in [4.69, 9.17) is 4.74 Å². The fraction of sp³-hybridized carbons (Fsp3) is 0.273. The highest BCUT2D eigenvalue weighted by molar-refractivity contribution is 5.93. The summed E-state index contributed by atoms with van der Waals surface area (Å²) in [6, 6.07) is 20.0. The third kappa shape index (κ3) is 3.58. The van der Waals surface area contributed by atoms with Crippen molar-refractivity contribution in [1.29, 1.82) is 0 Å². The summed E-state index contributed by atoms with van der Waals surface area (Å²) in [7, 11) is 3.51. The van der Waals surface area contributed by atoms with Crippen molar-refractivity contribution < 1.29 is 9.53 Å². The minimum absolute atomic E-state index is 0.0162. The largest absolute Gasteiger partial charge is 0.497 e. The molecular weight excluding hydrogens is 352 g/mol. The second-order valence-corrected chi connectivity index (χ2v) is 6.89. The van der Waals surface area contributed by atoms with Crippen LogP contribution in [0, 0.1) is 0 Å². The number of hydrogen-bond acceptors (Lipinski definition) is 4. The van der Waals surface area contributed by atoms with E-state index in [0.717, 1.165) is 30.1 Å². The van der Waals surface area contributed by atoms with Crippen molar-refractivity contribution >= 4 is 11.6 Å². The van der Waals surface area contributed by atoms with Gasteiger partial charge in [0.05, 0.1) is 12.8 Å². The molecule has 2 aromatic carbocycles. The van der Waals surface area contributed by atoms with Gasteiger partial charge in [-0.15, -0.1) is 0 Å². The number of amides is 1. The van der Waals surface area contributed by atoms with Gasteiger partial charge in [-0.25, -0.2) is 0 Å².